The highest BCUT2D eigenvalue weighted by atomic mass is 35.5. The summed E-state index contributed by atoms with van der Waals surface area (Å²) in [5, 5.41) is 3.46. The second-order valence-corrected chi connectivity index (χ2v) is 3.42. The molecule has 15 heavy (non-hydrogen) atoms. The Bertz CT molecular complexity index is 453. The van der Waals surface area contributed by atoms with Gasteiger partial charge in [-0.25, -0.2) is 9.97 Å². The van der Waals surface area contributed by atoms with Crippen molar-refractivity contribution in [1.82, 2.24) is 19.5 Å². The maximum Gasteiger partial charge on any atom is 0.149 e. The largest absolute Gasteiger partial charge is 0.362 e. The van der Waals surface area contributed by atoms with Gasteiger partial charge in [0.05, 0.1) is 18.9 Å². The second-order valence-electron chi connectivity index (χ2n) is 3.03. The van der Waals surface area contributed by atoms with Crippen LogP contribution in [0.3, 0.4) is 0 Å². The van der Waals surface area contributed by atoms with E-state index < -0.39 is 0 Å². The molecule has 0 spiro atoms. The lowest BCUT2D eigenvalue weighted by Gasteiger charge is -2.04. The standard InChI is InChI=1S/C9H10ClN5/c1-15-3-2-12-9(15)6-13-8-5-11-4-7(10)14-8/h2-5H,6H2,1H3,(H,13,14). The number of nitrogens with zero attached hydrogens (tertiary/aromatic N) is 4. The average Bonchev–Trinajstić information content (AvgIpc) is 2.61. The van der Waals surface area contributed by atoms with Crippen LogP contribution in [0.1, 0.15) is 5.82 Å². The first-order chi connectivity index (χ1) is 7.25. The van der Waals surface area contributed by atoms with Crippen molar-refractivity contribution in [3.8, 4) is 0 Å². The molecule has 0 radical (unpaired) electrons. The lowest BCUT2D eigenvalue weighted by Crippen LogP contribution is -2.06. The van der Waals surface area contributed by atoms with E-state index in [0.29, 0.717) is 17.5 Å². The fourth-order valence-corrected chi connectivity index (χ4v) is 1.31. The molecule has 5 nitrogen and oxygen atoms in total. The maximum absolute atomic E-state index is 5.70. The molecule has 2 heterocycles. The number of halogens is 1. The summed E-state index contributed by atoms with van der Waals surface area (Å²) in [6.07, 6.45) is 6.75. The highest BCUT2D eigenvalue weighted by molar-refractivity contribution is 6.29. The van der Waals surface area contributed by atoms with E-state index in [1.54, 1.807) is 12.4 Å². The summed E-state index contributed by atoms with van der Waals surface area (Å²) < 4.78 is 1.94. The fourth-order valence-electron chi connectivity index (χ4n) is 1.16. The Labute approximate surface area is 92.1 Å². The van der Waals surface area contributed by atoms with Gasteiger partial charge in [0, 0.05) is 19.4 Å². The van der Waals surface area contributed by atoms with Gasteiger partial charge in [0.2, 0.25) is 0 Å². The minimum Gasteiger partial charge on any atom is -0.362 e. The molecule has 0 saturated heterocycles. The van der Waals surface area contributed by atoms with Crippen LogP contribution in [0, 0.1) is 0 Å². The molecule has 0 aromatic carbocycles. The summed E-state index contributed by atoms with van der Waals surface area (Å²) in [5.74, 6) is 1.57. The third-order valence-corrected chi connectivity index (χ3v) is 2.14. The summed E-state index contributed by atoms with van der Waals surface area (Å²) in [7, 11) is 1.94. The molecule has 0 fully saturated rings. The Kier molecular flexibility index (Phi) is 2.82. The van der Waals surface area contributed by atoms with Crippen molar-refractivity contribution >= 4 is 17.4 Å². The molecule has 0 aliphatic carbocycles. The Balaban J connectivity index is 2.02. The van der Waals surface area contributed by atoms with Crippen LogP contribution in [0.4, 0.5) is 5.82 Å². The van der Waals surface area contributed by atoms with Gasteiger partial charge in [0.25, 0.3) is 0 Å². The molecule has 0 aliphatic heterocycles. The predicted molar refractivity (Wildman–Crippen MR) is 57.6 cm³/mol. The summed E-state index contributed by atoms with van der Waals surface area (Å²) in [5.41, 5.74) is 0. The first kappa shape index (κ1) is 9.92. The molecule has 0 amide bonds. The number of aryl methyl sites for hydroxylation is 1. The number of anilines is 1. The quantitative estimate of drug-likeness (QED) is 0.856. The average molecular weight is 224 g/mol. The molecule has 0 bridgehead atoms. The van der Waals surface area contributed by atoms with Crippen LogP contribution in [0.5, 0.6) is 0 Å². The number of hydrogen-bond acceptors (Lipinski definition) is 4. The monoisotopic (exact) mass is 223 g/mol. The third kappa shape index (κ3) is 2.44. The molecule has 1 N–H and O–H groups in total. The molecule has 0 atom stereocenters. The summed E-state index contributed by atoms with van der Waals surface area (Å²) in [6.45, 7) is 0.596. The van der Waals surface area contributed by atoms with Gasteiger partial charge >= 0.3 is 0 Å². The molecule has 0 saturated carbocycles. The first-order valence-electron chi connectivity index (χ1n) is 4.43. The molecule has 0 unspecified atom stereocenters. The van der Waals surface area contributed by atoms with E-state index >= 15 is 0 Å². The van der Waals surface area contributed by atoms with E-state index in [2.05, 4.69) is 20.3 Å². The first-order valence-corrected chi connectivity index (χ1v) is 4.81. The zero-order valence-electron chi connectivity index (χ0n) is 8.18. The fraction of sp³-hybridized carbons (Fsp3) is 0.222. The second kappa shape index (κ2) is 4.27. The molecule has 2 aromatic heterocycles. The van der Waals surface area contributed by atoms with Crippen molar-refractivity contribution in [1.29, 1.82) is 0 Å². The number of rotatable bonds is 3. The van der Waals surface area contributed by atoms with Crippen molar-refractivity contribution in [3.05, 3.63) is 35.8 Å². The molecule has 6 heteroatoms. The van der Waals surface area contributed by atoms with Crippen molar-refractivity contribution < 1.29 is 0 Å². The van der Waals surface area contributed by atoms with E-state index in [1.165, 1.54) is 6.20 Å². The van der Waals surface area contributed by atoms with Gasteiger partial charge in [-0.05, 0) is 0 Å². The van der Waals surface area contributed by atoms with E-state index in [1.807, 2.05) is 17.8 Å². The molecule has 2 rings (SSSR count). The van der Waals surface area contributed by atoms with Crippen molar-refractivity contribution in [2.45, 2.75) is 6.54 Å². The van der Waals surface area contributed by atoms with Gasteiger partial charge in [0.15, 0.2) is 0 Å². The number of nitrogens with one attached hydrogen (secondary N) is 1. The molecule has 2 aromatic rings. The number of imidazole rings is 1. The normalized spacial score (nSPS) is 10.3. The molecule has 0 aliphatic rings. The van der Waals surface area contributed by atoms with Crippen LogP contribution in [-0.4, -0.2) is 19.5 Å². The minimum atomic E-state index is 0.375. The Hall–Kier alpha value is -1.62. The van der Waals surface area contributed by atoms with E-state index in [0.717, 1.165) is 5.82 Å². The van der Waals surface area contributed by atoms with Crippen LogP contribution >= 0.6 is 11.6 Å². The lowest BCUT2D eigenvalue weighted by molar-refractivity contribution is 0.810. The van der Waals surface area contributed by atoms with Crippen LogP contribution in [0.25, 0.3) is 0 Å². The van der Waals surface area contributed by atoms with E-state index in [-0.39, 0.29) is 0 Å². The summed E-state index contributed by atoms with van der Waals surface area (Å²) in [4.78, 5) is 12.2. The SMILES string of the molecule is Cn1ccnc1CNc1cncc(Cl)n1. The molecule has 78 valence electrons. The summed E-state index contributed by atoms with van der Waals surface area (Å²) in [6, 6.07) is 0. The summed E-state index contributed by atoms with van der Waals surface area (Å²) >= 11 is 5.70. The zero-order valence-corrected chi connectivity index (χ0v) is 8.94. The van der Waals surface area contributed by atoms with Gasteiger partial charge in [-0.3, -0.25) is 4.98 Å². The predicted octanol–water partition coefficient (Wildman–Crippen LogP) is 1.48. The lowest BCUT2D eigenvalue weighted by atomic mass is 10.5. The Morgan fingerprint density at radius 2 is 2.33 bits per heavy atom. The number of hydrogen-bond donors (Lipinski definition) is 1. The Morgan fingerprint density at radius 3 is 3.00 bits per heavy atom. The Morgan fingerprint density at radius 1 is 1.47 bits per heavy atom. The van der Waals surface area contributed by atoms with Gasteiger partial charge in [-0.15, -0.1) is 0 Å². The van der Waals surface area contributed by atoms with Crippen LogP contribution in [0.15, 0.2) is 24.8 Å². The molecular weight excluding hydrogens is 214 g/mol. The van der Waals surface area contributed by atoms with Gasteiger partial charge in [-0.1, -0.05) is 11.6 Å². The van der Waals surface area contributed by atoms with Crippen molar-refractivity contribution in [3.63, 3.8) is 0 Å². The van der Waals surface area contributed by atoms with Crippen LogP contribution in [0.2, 0.25) is 5.15 Å². The van der Waals surface area contributed by atoms with Crippen LogP contribution in [-0.2, 0) is 13.6 Å². The maximum atomic E-state index is 5.70. The third-order valence-electron chi connectivity index (χ3n) is 1.95. The highest BCUT2D eigenvalue weighted by Gasteiger charge is 2.00. The smallest absolute Gasteiger partial charge is 0.149 e. The topological polar surface area (TPSA) is 55.6 Å². The molecular formula is C9H10ClN5. The zero-order chi connectivity index (χ0) is 10.7. The van der Waals surface area contributed by atoms with Crippen LogP contribution < -0.4 is 5.32 Å². The van der Waals surface area contributed by atoms with Gasteiger partial charge < -0.3 is 9.88 Å². The van der Waals surface area contributed by atoms with Gasteiger partial charge in [0.1, 0.15) is 16.8 Å². The highest BCUT2D eigenvalue weighted by Crippen LogP contribution is 2.07. The van der Waals surface area contributed by atoms with Gasteiger partial charge in [-0.2, -0.15) is 0 Å². The van der Waals surface area contributed by atoms with E-state index in [4.69, 9.17) is 11.6 Å². The van der Waals surface area contributed by atoms with E-state index in [9.17, 15) is 0 Å². The van der Waals surface area contributed by atoms with Crippen molar-refractivity contribution in [2.24, 2.45) is 7.05 Å². The number of aromatic nitrogens is 4. The van der Waals surface area contributed by atoms with Crippen molar-refractivity contribution in [2.75, 3.05) is 5.32 Å². The minimum absolute atomic E-state index is 0.375.